The lowest BCUT2D eigenvalue weighted by atomic mass is 10.00. The molecule has 3 aromatic rings. The number of piperidine rings is 1. The molecule has 3 heterocycles. The number of benzene rings is 1. The van der Waals surface area contributed by atoms with Crippen LogP contribution in [-0.4, -0.2) is 37.7 Å². The van der Waals surface area contributed by atoms with Crippen LogP contribution in [0.2, 0.25) is 0 Å². The van der Waals surface area contributed by atoms with Gasteiger partial charge in [0.1, 0.15) is 11.6 Å². The van der Waals surface area contributed by atoms with Gasteiger partial charge in [0.2, 0.25) is 10.8 Å². The molecule has 0 aliphatic carbocycles. The van der Waals surface area contributed by atoms with Crippen LogP contribution in [0, 0.1) is 12.7 Å². The van der Waals surface area contributed by atoms with Crippen molar-refractivity contribution in [2.45, 2.75) is 32.2 Å². The van der Waals surface area contributed by atoms with E-state index in [9.17, 15) is 9.50 Å². The first-order valence-corrected chi connectivity index (χ1v) is 9.89. The lowest BCUT2D eigenvalue weighted by Crippen LogP contribution is -2.34. The van der Waals surface area contributed by atoms with E-state index in [1.54, 1.807) is 13.0 Å². The van der Waals surface area contributed by atoms with Crippen LogP contribution in [0.15, 0.2) is 22.7 Å². The normalized spacial score (nSPS) is 17.2. The van der Waals surface area contributed by atoms with Crippen molar-refractivity contribution in [1.29, 1.82) is 0 Å². The van der Waals surface area contributed by atoms with Gasteiger partial charge < -0.3 is 5.11 Å². The van der Waals surface area contributed by atoms with E-state index in [1.165, 1.54) is 28.3 Å². The van der Waals surface area contributed by atoms with Crippen molar-refractivity contribution < 1.29 is 9.50 Å². The molecule has 0 bridgehead atoms. The van der Waals surface area contributed by atoms with Crippen molar-refractivity contribution >= 4 is 32.2 Å². The van der Waals surface area contributed by atoms with E-state index < -0.39 is 0 Å². The Balaban J connectivity index is 1.86. The second-order valence-electron chi connectivity index (χ2n) is 6.31. The predicted molar refractivity (Wildman–Crippen MR) is 98.6 cm³/mol. The molecule has 0 radical (unpaired) electrons. The zero-order valence-electron chi connectivity index (χ0n) is 13.7. The van der Waals surface area contributed by atoms with Crippen LogP contribution < -0.4 is 0 Å². The largest absolute Gasteiger partial charge is 0.492 e. The van der Waals surface area contributed by atoms with Gasteiger partial charge in [-0.25, -0.2) is 9.37 Å². The fourth-order valence-corrected chi connectivity index (χ4v) is 4.92. The first kappa shape index (κ1) is 16.9. The highest BCUT2D eigenvalue weighted by Gasteiger charge is 2.32. The van der Waals surface area contributed by atoms with Crippen LogP contribution in [0.3, 0.4) is 0 Å². The van der Waals surface area contributed by atoms with E-state index in [2.05, 4.69) is 30.9 Å². The average molecular weight is 425 g/mol. The summed E-state index contributed by atoms with van der Waals surface area (Å²) in [5, 5.41) is 15.0. The van der Waals surface area contributed by atoms with E-state index >= 15 is 0 Å². The third-order valence-electron chi connectivity index (χ3n) is 4.57. The van der Waals surface area contributed by atoms with Crippen molar-refractivity contribution in [2.75, 3.05) is 13.1 Å². The molecule has 8 heteroatoms. The van der Waals surface area contributed by atoms with Crippen molar-refractivity contribution in [3.8, 4) is 5.88 Å². The van der Waals surface area contributed by atoms with Gasteiger partial charge in [-0.05, 0) is 45.0 Å². The molecule has 1 fully saturated rings. The molecule has 1 aliphatic rings. The fraction of sp³-hybridized carbons (Fsp3) is 0.412. The number of aromatic hydroxyl groups is 1. The predicted octanol–water partition coefficient (Wildman–Crippen LogP) is 4.28. The topological polar surface area (TPSA) is 53.7 Å². The molecular weight excluding hydrogens is 407 g/mol. The summed E-state index contributed by atoms with van der Waals surface area (Å²) in [6, 6.07) is 4.78. The summed E-state index contributed by atoms with van der Waals surface area (Å²) in [5.74, 6) is 0.385. The van der Waals surface area contributed by atoms with E-state index in [0.29, 0.717) is 25.7 Å². The molecule has 1 aromatic carbocycles. The fourth-order valence-electron chi connectivity index (χ4n) is 3.43. The lowest BCUT2D eigenvalue weighted by Gasteiger charge is -2.34. The summed E-state index contributed by atoms with van der Waals surface area (Å²) in [6.45, 7) is 3.55. The molecule has 1 saturated heterocycles. The number of aryl methyl sites for hydroxylation is 1. The maximum atomic E-state index is 14.7. The van der Waals surface area contributed by atoms with Crippen molar-refractivity contribution in [3.05, 3.63) is 44.8 Å². The second kappa shape index (κ2) is 6.66. The number of nitrogens with zero attached hydrogens (tertiary/aromatic N) is 4. The van der Waals surface area contributed by atoms with Gasteiger partial charge in [0.15, 0.2) is 0 Å². The monoisotopic (exact) mass is 424 g/mol. The molecular formula is C17H18BrFN4OS. The molecule has 0 unspecified atom stereocenters. The molecule has 4 rings (SSSR count). The highest BCUT2D eigenvalue weighted by molar-refractivity contribution is 9.10. The van der Waals surface area contributed by atoms with Crippen LogP contribution in [0.1, 0.15) is 41.6 Å². The van der Waals surface area contributed by atoms with Crippen LogP contribution in [0.4, 0.5) is 4.39 Å². The van der Waals surface area contributed by atoms with Crippen molar-refractivity contribution in [1.82, 2.24) is 19.5 Å². The highest BCUT2D eigenvalue weighted by Crippen LogP contribution is 2.41. The Hall–Kier alpha value is -1.51. The number of thiazole rings is 1. The van der Waals surface area contributed by atoms with Crippen LogP contribution in [-0.2, 0) is 0 Å². The number of likely N-dealkylation sites (tertiary alicyclic amines) is 1. The molecule has 25 heavy (non-hydrogen) atoms. The van der Waals surface area contributed by atoms with Gasteiger partial charge in [-0.1, -0.05) is 39.8 Å². The summed E-state index contributed by atoms with van der Waals surface area (Å²) < 4.78 is 16.9. The van der Waals surface area contributed by atoms with Gasteiger partial charge in [0, 0.05) is 10.0 Å². The molecule has 5 nitrogen and oxygen atoms in total. The Kier molecular flexibility index (Phi) is 4.51. The molecule has 0 spiro atoms. The van der Waals surface area contributed by atoms with Gasteiger partial charge in [0.25, 0.3) is 0 Å². The Bertz CT molecular complexity index is 919. The number of fused-ring (bicyclic) bond motifs is 1. The zero-order valence-corrected chi connectivity index (χ0v) is 16.1. The quantitative estimate of drug-likeness (QED) is 0.681. The number of halogens is 2. The van der Waals surface area contributed by atoms with E-state index in [0.717, 1.165) is 25.9 Å². The zero-order chi connectivity index (χ0) is 17.6. The number of hydrogen-bond donors (Lipinski definition) is 1. The SMILES string of the molecule is Cc1nc2sc([C@H](c3ccc(Br)cc3F)N3CCCCC3)c(O)n2n1. The molecule has 1 aliphatic heterocycles. The minimum Gasteiger partial charge on any atom is -0.492 e. The first-order chi connectivity index (χ1) is 12.0. The van der Waals surface area contributed by atoms with Crippen LogP contribution >= 0.6 is 27.3 Å². The smallest absolute Gasteiger partial charge is 0.230 e. The number of hydrogen-bond acceptors (Lipinski definition) is 5. The molecule has 2 aromatic heterocycles. The molecule has 132 valence electrons. The van der Waals surface area contributed by atoms with E-state index in [1.807, 2.05) is 6.07 Å². The molecule has 0 amide bonds. The highest BCUT2D eigenvalue weighted by atomic mass is 79.9. The van der Waals surface area contributed by atoms with Crippen LogP contribution in [0.5, 0.6) is 5.88 Å². The first-order valence-electron chi connectivity index (χ1n) is 8.28. The minimum atomic E-state index is -0.331. The van der Waals surface area contributed by atoms with E-state index in [-0.39, 0.29) is 17.7 Å². The Morgan fingerprint density at radius 2 is 2.04 bits per heavy atom. The third kappa shape index (κ3) is 3.07. The van der Waals surface area contributed by atoms with Gasteiger partial charge in [-0.3, -0.25) is 4.90 Å². The Labute approximate surface area is 157 Å². The van der Waals surface area contributed by atoms with Crippen molar-refractivity contribution in [2.24, 2.45) is 0 Å². The summed E-state index contributed by atoms with van der Waals surface area (Å²) in [6.07, 6.45) is 3.34. The van der Waals surface area contributed by atoms with Gasteiger partial charge in [-0.2, -0.15) is 4.52 Å². The Morgan fingerprint density at radius 1 is 1.28 bits per heavy atom. The lowest BCUT2D eigenvalue weighted by molar-refractivity contribution is 0.184. The summed E-state index contributed by atoms with van der Waals surface area (Å²) in [5.41, 5.74) is 0.571. The summed E-state index contributed by atoms with van der Waals surface area (Å²) in [4.78, 5) is 7.91. The minimum absolute atomic E-state index is 0.0542. The van der Waals surface area contributed by atoms with E-state index in [4.69, 9.17) is 0 Å². The second-order valence-corrected chi connectivity index (χ2v) is 8.23. The van der Waals surface area contributed by atoms with Crippen molar-refractivity contribution in [3.63, 3.8) is 0 Å². The average Bonchev–Trinajstić information content (AvgIpc) is 3.09. The van der Waals surface area contributed by atoms with Gasteiger partial charge in [-0.15, -0.1) is 5.10 Å². The van der Waals surface area contributed by atoms with Crippen LogP contribution in [0.25, 0.3) is 4.96 Å². The summed E-state index contributed by atoms with van der Waals surface area (Å²) >= 11 is 4.69. The number of aromatic nitrogens is 3. The molecule has 0 saturated carbocycles. The molecule has 1 N–H and O–H groups in total. The van der Waals surface area contributed by atoms with Gasteiger partial charge in [0.05, 0.1) is 10.9 Å². The number of rotatable bonds is 3. The Morgan fingerprint density at radius 3 is 2.72 bits per heavy atom. The van der Waals surface area contributed by atoms with Gasteiger partial charge >= 0.3 is 0 Å². The third-order valence-corrected chi connectivity index (χ3v) is 6.13. The molecule has 1 atom stereocenters. The maximum Gasteiger partial charge on any atom is 0.230 e. The standard InChI is InChI=1S/C17H18BrFN4OS/c1-10-20-17-23(21-10)16(24)15(25-17)14(22-7-3-2-4-8-22)12-6-5-11(18)9-13(12)19/h5-6,9,14,24H,2-4,7-8H2,1H3/t14-/m0/s1. The summed E-state index contributed by atoms with van der Waals surface area (Å²) in [7, 11) is 0. The maximum absolute atomic E-state index is 14.7.